The first-order chi connectivity index (χ1) is 8.63. The SMILES string of the molecule is Cc1ccc(CCNC(=O)Nc2nnn(C)n2)o1. The zero-order valence-electron chi connectivity index (χ0n) is 10.2. The number of furan rings is 1. The van der Waals surface area contributed by atoms with Crippen LogP contribution in [0.1, 0.15) is 11.5 Å². The Morgan fingerprint density at radius 2 is 2.33 bits per heavy atom. The Morgan fingerprint density at radius 3 is 2.94 bits per heavy atom. The molecule has 2 N–H and O–H groups in total. The van der Waals surface area contributed by atoms with E-state index in [2.05, 4.69) is 26.0 Å². The number of aromatic nitrogens is 4. The second kappa shape index (κ2) is 5.30. The summed E-state index contributed by atoms with van der Waals surface area (Å²) in [6.07, 6.45) is 0.634. The van der Waals surface area contributed by atoms with Gasteiger partial charge >= 0.3 is 6.03 Å². The second-order valence-electron chi connectivity index (χ2n) is 3.75. The molecule has 0 saturated heterocycles. The number of rotatable bonds is 4. The lowest BCUT2D eigenvalue weighted by atomic mass is 10.3. The predicted molar refractivity (Wildman–Crippen MR) is 63.0 cm³/mol. The van der Waals surface area contributed by atoms with E-state index in [0.29, 0.717) is 13.0 Å². The van der Waals surface area contributed by atoms with Crippen LogP contribution in [0.15, 0.2) is 16.5 Å². The van der Waals surface area contributed by atoms with Gasteiger partial charge in [0.25, 0.3) is 5.95 Å². The van der Waals surface area contributed by atoms with Gasteiger partial charge in [-0.15, -0.1) is 5.10 Å². The van der Waals surface area contributed by atoms with Crippen LogP contribution in [0.4, 0.5) is 10.7 Å². The fourth-order valence-corrected chi connectivity index (χ4v) is 1.40. The van der Waals surface area contributed by atoms with Gasteiger partial charge < -0.3 is 9.73 Å². The second-order valence-corrected chi connectivity index (χ2v) is 3.75. The van der Waals surface area contributed by atoms with Gasteiger partial charge in [-0.1, -0.05) is 5.10 Å². The zero-order valence-corrected chi connectivity index (χ0v) is 10.2. The van der Waals surface area contributed by atoms with Crippen LogP contribution >= 0.6 is 0 Å². The molecule has 0 aliphatic carbocycles. The monoisotopic (exact) mass is 250 g/mol. The summed E-state index contributed by atoms with van der Waals surface area (Å²) >= 11 is 0. The summed E-state index contributed by atoms with van der Waals surface area (Å²) in [5.74, 6) is 1.87. The molecule has 2 rings (SSSR count). The molecule has 18 heavy (non-hydrogen) atoms. The molecule has 0 spiro atoms. The van der Waals surface area contributed by atoms with E-state index in [9.17, 15) is 4.79 Å². The standard InChI is InChI=1S/C10H14N6O2/c1-7-3-4-8(18-7)5-6-11-10(17)12-9-13-15-16(2)14-9/h3-4H,5-6H2,1-2H3,(H2,11,12,14,17). The van der Waals surface area contributed by atoms with Gasteiger partial charge in [0, 0.05) is 13.0 Å². The Labute approximate surface area is 103 Å². The maximum atomic E-state index is 11.4. The van der Waals surface area contributed by atoms with E-state index in [4.69, 9.17) is 4.42 Å². The number of amides is 2. The van der Waals surface area contributed by atoms with Crippen molar-refractivity contribution in [1.82, 2.24) is 25.5 Å². The molecule has 0 aliphatic heterocycles. The molecule has 96 valence electrons. The lowest BCUT2D eigenvalue weighted by Gasteiger charge is -2.02. The third kappa shape index (κ3) is 3.30. The summed E-state index contributed by atoms with van der Waals surface area (Å²) in [6.45, 7) is 2.35. The molecule has 0 saturated carbocycles. The van der Waals surface area contributed by atoms with E-state index < -0.39 is 0 Å². The Hall–Kier alpha value is -2.38. The minimum Gasteiger partial charge on any atom is -0.466 e. The van der Waals surface area contributed by atoms with E-state index >= 15 is 0 Å². The summed E-state index contributed by atoms with van der Waals surface area (Å²) in [4.78, 5) is 12.7. The normalized spacial score (nSPS) is 10.3. The first-order valence-electron chi connectivity index (χ1n) is 5.47. The zero-order chi connectivity index (χ0) is 13.0. The third-order valence-corrected chi connectivity index (χ3v) is 2.19. The summed E-state index contributed by atoms with van der Waals surface area (Å²) in [5.41, 5.74) is 0. The largest absolute Gasteiger partial charge is 0.466 e. The van der Waals surface area contributed by atoms with Crippen LogP contribution in [0.3, 0.4) is 0 Å². The molecule has 2 amide bonds. The third-order valence-electron chi connectivity index (χ3n) is 2.19. The molecule has 2 aromatic rings. The number of tetrazole rings is 1. The van der Waals surface area contributed by atoms with Gasteiger partial charge in [-0.05, 0) is 24.3 Å². The van der Waals surface area contributed by atoms with Gasteiger partial charge in [0.05, 0.1) is 7.05 Å². The number of aryl methyl sites for hydroxylation is 2. The number of anilines is 1. The number of hydrogen-bond donors (Lipinski definition) is 2. The van der Waals surface area contributed by atoms with Crippen molar-refractivity contribution >= 4 is 12.0 Å². The van der Waals surface area contributed by atoms with Crippen LogP contribution in [-0.2, 0) is 13.5 Å². The smallest absolute Gasteiger partial charge is 0.321 e. The van der Waals surface area contributed by atoms with Gasteiger partial charge in [-0.25, -0.2) is 4.79 Å². The number of carbonyl (C=O) groups excluding carboxylic acids is 1. The first kappa shape index (κ1) is 12.1. The number of urea groups is 1. The Morgan fingerprint density at radius 1 is 1.50 bits per heavy atom. The van der Waals surface area contributed by atoms with E-state index in [1.807, 2.05) is 19.1 Å². The van der Waals surface area contributed by atoms with Crippen molar-refractivity contribution in [3.63, 3.8) is 0 Å². The molecular formula is C10H14N6O2. The van der Waals surface area contributed by atoms with Crippen LogP contribution in [0.5, 0.6) is 0 Å². The van der Waals surface area contributed by atoms with Crippen molar-refractivity contribution in [3.8, 4) is 0 Å². The van der Waals surface area contributed by atoms with E-state index in [-0.39, 0.29) is 12.0 Å². The lowest BCUT2D eigenvalue weighted by molar-refractivity contribution is 0.252. The number of hydrogen-bond acceptors (Lipinski definition) is 5. The van der Waals surface area contributed by atoms with Crippen molar-refractivity contribution in [2.24, 2.45) is 7.05 Å². The highest BCUT2D eigenvalue weighted by molar-refractivity contribution is 5.87. The van der Waals surface area contributed by atoms with Gasteiger partial charge in [0.2, 0.25) is 0 Å². The molecule has 0 fully saturated rings. The van der Waals surface area contributed by atoms with Gasteiger partial charge in [0.15, 0.2) is 0 Å². The molecule has 0 bridgehead atoms. The van der Waals surface area contributed by atoms with E-state index in [1.54, 1.807) is 7.05 Å². The molecule has 0 atom stereocenters. The molecule has 0 aromatic carbocycles. The van der Waals surface area contributed by atoms with Crippen molar-refractivity contribution < 1.29 is 9.21 Å². The molecule has 0 radical (unpaired) electrons. The van der Waals surface area contributed by atoms with Gasteiger partial charge in [-0.2, -0.15) is 4.80 Å². The molecule has 0 aliphatic rings. The van der Waals surface area contributed by atoms with Crippen molar-refractivity contribution in [2.75, 3.05) is 11.9 Å². The molecule has 8 nitrogen and oxygen atoms in total. The fourth-order valence-electron chi connectivity index (χ4n) is 1.40. The van der Waals surface area contributed by atoms with Crippen LogP contribution < -0.4 is 10.6 Å². The maximum absolute atomic E-state index is 11.4. The summed E-state index contributed by atoms with van der Waals surface area (Å²) < 4.78 is 5.38. The summed E-state index contributed by atoms with van der Waals surface area (Å²) in [6, 6.07) is 3.41. The van der Waals surface area contributed by atoms with Crippen LogP contribution in [0.25, 0.3) is 0 Å². The Kier molecular flexibility index (Phi) is 3.56. The number of nitrogens with one attached hydrogen (secondary N) is 2. The first-order valence-corrected chi connectivity index (χ1v) is 5.47. The average Bonchev–Trinajstić information content (AvgIpc) is 2.88. The average molecular weight is 250 g/mol. The predicted octanol–water partition coefficient (Wildman–Crippen LogP) is 0.476. The van der Waals surface area contributed by atoms with Gasteiger partial charge in [0.1, 0.15) is 11.5 Å². The Balaban J connectivity index is 1.72. The molecular weight excluding hydrogens is 236 g/mol. The lowest BCUT2D eigenvalue weighted by Crippen LogP contribution is -2.30. The van der Waals surface area contributed by atoms with Crippen molar-refractivity contribution in [3.05, 3.63) is 23.7 Å². The minimum atomic E-state index is -0.369. The molecule has 0 unspecified atom stereocenters. The van der Waals surface area contributed by atoms with Crippen LogP contribution in [0.2, 0.25) is 0 Å². The highest BCUT2D eigenvalue weighted by Gasteiger charge is 2.06. The Bertz CT molecular complexity index is 532. The van der Waals surface area contributed by atoms with Crippen LogP contribution in [0, 0.1) is 6.92 Å². The molecule has 2 heterocycles. The highest BCUT2D eigenvalue weighted by atomic mass is 16.3. The van der Waals surface area contributed by atoms with E-state index in [0.717, 1.165) is 11.5 Å². The molecule has 8 heteroatoms. The highest BCUT2D eigenvalue weighted by Crippen LogP contribution is 2.05. The maximum Gasteiger partial charge on any atom is 0.321 e. The van der Waals surface area contributed by atoms with Crippen molar-refractivity contribution in [2.45, 2.75) is 13.3 Å². The topological polar surface area (TPSA) is 97.9 Å². The quantitative estimate of drug-likeness (QED) is 0.822. The van der Waals surface area contributed by atoms with Gasteiger partial charge in [-0.3, -0.25) is 5.32 Å². The van der Waals surface area contributed by atoms with Crippen LogP contribution in [-0.4, -0.2) is 32.8 Å². The fraction of sp³-hybridized carbons (Fsp3) is 0.400. The number of carbonyl (C=O) groups is 1. The van der Waals surface area contributed by atoms with Crippen molar-refractivity contribution in [1.29, 1.82) is 0 Å². The van der Waals surface area contributed by atoms with E-state index in [1.165, 1.54) is 4.80 Å². The number of nitrogens with zero attached hydrogens (tertiary/aromatic N) is 4. The molecule has 2 aromatic heterocycles. The summed E-state index contributed by atoms with van der Waals surface area (Å²) in [7, 11) is 1.62. The summed E-state index contributed by atoms with van der Waals surface area (Å²) in [5, 5.41) is 16.2. The minimum absolute atomic E-state index is 0.170.